The van der Waals surface area contributed by atoms with E-state index in [1.807, 2.05) is 30.3 Å². The molecule has 156 valence electrons. The maximum absolute atomic E-state index is 13.2. The van der Waals surface area contributed by atoms with Gasteiger partial charge in [-0.25, -0.2) is 4.79 Å². The van der Waals surface area contributed by atoms with Gasteiger partial charge < -0.3 is 10.2 Å². The molecular formula is C24H18F3N3O. The number of nitrogens with zero attached hydrogens (tertiary/aromatic N) is 2. The zero-order valence-electron chi connectivity index (χ0n) is 16.4. The Morgan fingerprint density at radius 1 is 1.00 bits per heavy atom. The van der Waals surface area contributed by atoms with E-state index >= 15 is 0 Å². The van der Waals surface area contributed by atoms with Crippen LogP contribution in [0.2, 0.25) is 0 Å². The van der Waals surface area contributed by atoms with Crippen molar-refractivity contribution in [2.45, 2.75) is 18.6 Å². The summed E-state index contributed by atoms with van der Waals surface area (Å²) in [6.07, 6.45) is -3.80. The number of carbonyl (C=O) groups is 1. The molecule has 0 bridgehead atoms. The third kappa shape index (κ3) is 4.10. The van der Waals surface area contributed by atoms with Gasteiger partial charge in [0, 0.05) is 6.54 Å². The molecule has 7 heteroatoms. The zero-order chi connectivity index (χ0) is 22.0. The topological polar surface area (TPSA) is 56.1 Å². The van der Waals surface area contributed by atoms with Crippen molar-refractivity contribution in [1.29, 1.82) is 5.26 Å². The van der Waals surface area contributed by atoms with Gasteiger partial charge in [0.2, 0.25) is 0 Å². The number of alkyl halides is 3. The van der Waals surface area contributed by atoms with E-state index in [0.717, 1.165) is 23.3 Å². The Labute approximate surface area is 177 Å². The first-order chi connectivity index (χ1) is 14.9. The fourth-order valence-electron chi connectivity index (χ4n) is 3.88. The predicted octanol–water partition coefficient (Wildman–Crippen LogP) is 5.76. The molecule has 31 heavy (non-hydrogen) atoms. The molecule has 3 aromatic rings. The van der Waals surface area contributed by atoms with Crippen LogP contribution >= 0.6 is 0 Å². The Morgan fingerprint density at radius 2 is 1.68 bits per heavy atom. The van der Waals surface area contributed by atoms with E-state index in [1.165, 1.54) is 12.1 Å². The lowest BCUT2D eigenvalue weighted by molar-refractivity contribution is -0.137. The Hall–Kier alpha value is -3.79. The molecule has 1 N–H and O–H groups in total. The lowest BCUT2D eigenvalue weighted by Crippen LogP contribution is -2.43. The number of benzene rings is 3. The number of para-hydroxylation sites is 1. The Kier molecular flexibility index (Phi) is 5.38. The molecule has 4 rings (SSSR count). The minimum absolute atomic E-state index is 0.333. The summed E-state index contributed by atoms with van der Waals surface area (Å²) >= 11 is 0. The Bertz CT molecular complexity index is 1150. The van der Waals surface area contributed by atoms with E-state index in [9.17, 15) is 23.2 Å². The second-order valence-electron chi connectivity index (χ2n) is 7.25. The zero-order valence-corrected chi connectivity index (χ0v) is 16.4. The molecule has 1 aliphatic rings. The van der Waals surface area contributed by atoms with Gasteiger partial charge in [0.1, 0.15) is 6.07 Å². The van der Waals surface area contributed by atoms with Crippen molar-refractivity contribution in [2.24, 2.45) is 0 Å². The van der Waals surface area contributed by atoms with Crippen LogP contribution in [-0.4, -0.2) is 17.5 Å². The molecule has 1 aliphatic heterocycles. The number of hydrogen-bond donors (Lipinski definition) is 1. The number of urea groups is 1. The van der Waals surface area contributed by atoms with Crippen molar-refractivity contribution in [3.8, 4) is 6.07 Å². The summed E-state index contributed by atoms with van der Waals surface area (Å²) in [5.74, 6) is 0. The summed E-state index contributed by atoms with van der Waals surface area (Å²) in [7, 11) is 0. The van der Waals surface area contributed by atoms with Crippen molar-refractivity contribution in [3.05, 3.63) is 101 Å². The normalized spacial score (nSPS) is 15.7. The Morgan fingerprint density at radius 3 is 2.39 bits per heavy atom. The number of fused-ring (bicyclic) bond motifs is 1. The lowest BCUT2D eigenvalue weighted by Gasteiger charge is -2.37. The molecule has 0 spiro atoms. The second kappa shape index (κ2) is 8.15. The molecule has 4 nitrogen and oxygen atoms in total. The largest absolute Gasteiger partial charge is 0.416 e. The average Bonchev–Trinajstić information content (AvgIpc) is 2.78. The molecule has 1 heterocycles. The molecule has 0 aromatic heterocycles. The number of hydrogen-bond acceptors (Lipinski definition) is 2. The van der Waals surface area contributed by atoms with Gasteiger partial charge >= 0.3 is 12.2 Å². The molecule has 0 saturated heterocycles. The minimum atomic E-state index is -4.43. The van der Waals surface area contributed by atoms with Gasteiger partial charge in [-0.1, -0.05) is 48.5 Å². The molecule has 1 atom stereocenters. The van der Waals surface area contributed by atoms with Crippen LogP contribution in [0.25, 0.3) is 0 Å². The highest BCUT2D eigenvalue weighted by Crippen LogP contribution is 2.37. The molecule has 2 amide bonds. The van der Waals surface area contributed by atoms with Crippen LogP contribution in [0.15, 0.2) is 72.8 Å². The minimum Gasteiger partial charge on any atom is -0.313 e. The standard InChI is InChI=1S/C24H18F3N3O/c25-24(26,27)19-11-9-17(10-12-19)22-20-7-3-1-5-16(20)13-14-30(22)23(31)29-21-8-4-2-6-18(21)15-28/h1-12,22H,13-14H2,(H,29,31)/t22-/m1/s1. The van der Waals surface area contributed by atoms with Crippen LogP contribution in [0.4, 0.5) is 23.7 Å². The Balaban J connectivity index is 1.71. The highest BCUT2D eigenvalue weighted by Gasteiger charge is 2.34. The summed E-state index contributed by atoms with van der Waals surface area (Å²) in [5, 5.41) is 12.1. The number of nitrogens with one attached hydrogen (secondary N) is 1. The molecular weight excluding hydrogens is 403 g/mol. The van der Waals surface area contributed by atoms with Gasteiger partial charge in [0.05, 0.1) is 22.9 Å². The lowest BCUT2D eigenvalue weighted by atomic mass is 9.88. The third-order valence-corrected chi connectivity index (χ3v) is 5.39. The first kappa shape index (κ1) is 20.5. The highest BCUT2D eigenvalue weighted by molar-refractivity contribution is 5.91. The molecule has 0 unspecified atom stereocenters. The van der Waals surface area contributed by atoms with E-state index in [4.69, 9.17) is 0 Å². The quantitative estimate of drug-likeness (QED) is 0.572. The van der Waals surface area contributed by atoms with Gasteiger partial charge in [-0.3, -0.25) is 0 Å². The SMILES string of the molecule is N#Cc1ccccc1NC(=O)N1CCc2ccccc2[C@H]1c1ccc(C(F)(F)F)cc1. The van der Waals surface area contributed by atoms with Gasteiger partial charge in [-0.05, 0) is 47.4 Å². The average molecular weight is 421 g/mol. The van der Waals surface area contributed by atoms with Crippen LogP contribution in [0.5, 0.6) is 0 Å². The summed E-state index contributed by atoms with van der Waals surface area (Å²) in [6.45, 7) is 0.392. The van der Waals surface area contributed by atoms with E-state index in [1.54, 1.807) is 29.2 Å². The van der Waals surface area contributed by atoms with Crippen molar-refractivity contribution in [3.63, 3.8) is 0 Å². The van der Waals surface area contributed by atoms with Crippen LogP contribution in [0, 0.1) is 11.3 Å². The van der Waals surface area contributed by atoms with Crippen molar-refractivity contribution in [2.75, 3.05) is 11.9 Å². The van der Waals surface area contributed by atoms with E-state index in [0.29, 0.717) is 29.8 Å². The molecule has 0 fully saturated rings. The number of rotatable bonds is 2. The predicted molar refractivity (Wildman–Crippen MR) is 110 cm³/mol. The van der Waals surface area contributed by atoms with Crippen LogP contribution in [-0.2, 0) is 12.6 Å². The van der Waals surface area contributed by atoms with Gasteiger partial charge in [0.25, 0.3) is 0 Å². The fraction of sp³-hybridized carbons (Fsp3) is 0.167. The molecule has 0 saturated carbocycles. The number of anilines is 1. The fourth-order valence-corrected chi connectivity index (χ4v) is 3.88. The number of halogens is 3. The van der Waals surface area contributed by atoms with E-state index in [2.05, 4.69) is 5.32 Å². The van der Waals surface area contributed by atoms with E-state index in [-0.39, 0.29) is 0 Å². The molecule has 0 aliphatic carbocycles. The summed E-state index contributed by atoms with van der Waals surface area (Å²) in [5.41, 5.74) is 2.49. The maximum atomic E-state index is 13.2. The summed E-state index contributed by atoms with van der Waals surface area (Å²) in [6, 6.07) is 20.3. The second-order valence-corrected chi connectivity index (χ2v) is 7.25. The first-order valence-electron chi connectivity index (χ1n) is 9.70. The first-order valence-corrected chi connectivity index (χ1v) is 9.70. The van der Waals surface area contributed by atoms with Crippen LogP contribution in [0.3, 0.4) is 0 Å². The van der Waals surface area contributed by atoms with Crippen LogP contribution in [0.1, 0.15) is 33.9 Å². The molecule has 0 radical (unpaired) electrons. The maximum Gasteiger partial charge on any atom is 0.416 e. The molecule has 3 aromatic carbocycles. The number of nitriles is 1. The number of amides is 2. The van der Waals surface area contributed by atoms with Crippen molar-refractivity contribution in [1.82, 2.24) is 4.90 Å². The van der Waals surface area contributed by atoms with E-state index < -0.39 is 23.8 Å². The smallest absolute Gasteiger partial charge is 0.313 e. The summed E-state index contributed by atoms with van der Waals surface area (Å²) < 4.78 is 39.1. The van der Waals surface area contributed by atoms with Crippen molar-refractivity contribution < 1.29 is 18.0 Å². The third-order valence-electron chi connectivity index (χ3n) is 5.39. The monoisotopic (exact) mass is 421 g/mol. The van der Waals surface area contributed by atoms with Crippen molar-refractivity contribution >= 4 is 11.7 Å². The number of carbonyl (C=O) groups excluding carboxylic acids is 1. The van der Waals surface area contributed by atoms with Gasteiger partial charge in [-0.2, -0.15) is 18.4 Å². The van der Waals surface area contributed by atoms with Gasteiger partial charge in [0.15, 0.2) is 0 Å². The van der Waals surface area contributed by atoms with Gasteiger partial charge in [-0.15, -0.1) is 0 Å². The van der Waals surface area contributed by atoms with Crippen LogP contribution < -0.4 is 5.32 Å². The highest BCUT2D eigenvalue weighted by atomic mass is 19.4. The summed E-state index contributed by atoms with van der Waals surface area (Å²) in [4.78, 5) is 14.8.